The number of nitrogens with one attached hydrogen (secondary N) is 1. The Hall–Kier alpha value is -3.81. The Kier molecular flexibility index (Phi) is 9.87. The van der Waals surface area contributed by atoms with E-state index in [1.54, 1.807) is 49.5 Å². The molecule has 3 N–H and O–H groups in total. The predicted molar refractivity (Wildman–Crippen MR) is 136 cm³/mol. The number of para-hydroxylation sites is 1. The van der Waals surface area contributed by atoms with Crippen molar-refractivity contribution in [2.24, 2.45) is 22.6 Å². The number of halogens is 1. The highest BCUT2D eigenvalue weighted by Crippen LogP contribution is 2.27. The summed E-state index contributed by atoms with van der Waals surface area (Å²) in [6.07, 6.45) is 0.828. The molecular formula is C27H33FN4O3. The van der Waals surface area contributed by atoms with E-state index in [0.29, 0.717) is 28.9 Å². The van der Waals surface area contributed by atoms with E-state index in [1.807, 2.05) is 20.8 Å². The van der Waals surface area contributed by atoms with Crippen molar-refractivity contribution in [3.05, 3.63) is 78.1 Å². The number of nitrogens with two attached hydrogens (primary N) is 1. The monoisotopic (exact) mass is 480 g/mol. The van der Waals surface area contributed by atoms with Gasteiger partial charge in [-0.1, -0.05) is 50.3 Å². The smallest absolute Gasteiger partial charge is 0.272 e. The first-order valence-corrected chi connectivity index (χ1v) is 11.4. The second kappa shape index (κ2) is 12.6. The van der Waals surface area contributed by atoms with Crippen LogP contribution in [-0.2, 0) is 14.4 Å². The van der Waals surface area contributed by atoms with Crippen molar-refractivity contribution in [3.63, 3.8) is 0 Å². The summed E-state index contributed by atoms with van der Waals surface area (Å²) in [5.74, 6) is -2.48. The average molecular weight is 481 g/mol. The van der Waals surface area contributed by atoms with Crippen molar-refractivity contribution < 1.29 is 18.8 Å². The summed E-state index contributed by atoms with van der Waals surface area (Å²) in [4.78, 5) is 43.6. The Bertz CT molecular complexity index is 1110. The van der Waals surface area contributed by atoms with Gasteiger partial charge < -0.3 is 16.0 Å². The number of carbonyl (C=O) groups excluding carboxylic acids is 3. The van der Waals surface area contributed by atoms with Gasteiger partial charge in [0.15, 0.2) is 0 Å². The van der Waals surface area contributed by atoms with Gasteiger partial charge in [-0.05, 0) is 37.5 Å². The lowest BCUT2D eigenvalue weighted by Crippen LogP contribution is -2.48. The van der Waals surface area contributed by atoms with Gasteiger partial charge in [0, 0.05) is 30.5 Å². The molecule has 0 bridgehead atoms. The molecule has 1 aliphatic rings. The van der Waals surface area contributed by atoms with Gasteiger partial charge in [-0.2, -0.15) is 0 Å². The van der Waals surface area contributed by atoms with Crippen molar-refractivity contribution >= 4 is 29.1 Å². The van der Waals surface area contributed by atoms with E-state index in [4.69, 9.17) is 5.73 Å². The van der Waals surface area contributed by atoms with Crippen LogP contribution in [0, 0.1) is 17.7 Å². The second-order valence-corrected chi connectivity index (χ2v) is 8.72. The zero-order valence-electron chi connectivity index (χ0n) is 20.6. The number of benzodiazepines with no additional fused rings is 1. The van der Waals surface area contributed by atoms with Crippen LogP contribution in [0.4, 0.5) is 10.1 Å². The molecule has 0 aliphatic carbocycles. The highest BCUT2D eigenvalue weighted by Gasteiger charge is 2.33. The van der Waals surface area contributed by atoms with Gasteiger partial charge in [0.2, 0.25) is 18.0 Å². The highest BCUT2D eigenvalue weighted by atomic mass is 19.1. The van der Waals surface area contributed by atoms with Crippen LogP contribution >= 0.6 is 0 Å². The van der Waals surface area contributed by atoms with Crippen molar-refractivity contribution in [2.75, 3.05) is 11.9 Å². The fourth-order valence-electron chi connectivity index (χ4n) is 3.83. The molecule has 0 saturated carbocycles. The van der Waals surface area contributed by atoms with Gasteiger partial charge in [-0.3, -0.25) is 14.4 Å². The minimum atomic E-state index is -1.24. The van der Waals surface area contributed by atoms with E-state index in [1.165, 1.54) is 17.0 Å². The molecule has 35 heavy (non-hydrogen) atoms. The van der Waals surface area contributed by atoms with E-state index in [-0.39, 0.29) is 12.3 Å². The van der Waals surface area contributed by atoms with Crippen LogP contribution in [0.2, 0.25) is 0 Å². The molecule has 0 fully saturated rings. The maximum atomic E-state index is 14.0. The first kappa shape index (κ1) is 27.4. The zero-order chi connectivity index (χ0) is 26.1. The number of anilines is 1. The lowest BCUT2D eigenvalue weighted by Gasteiger charge is -2.23. The number of carbonyl (C=O) groups is 3. The number of hydrogen-bond acceptors (Lipinski definition) is 4. The molecule has 1 heterocycles. The lowest BCUT2D eigenvalue weighted by atomic mass is 9.93. The number of nitrogens with zero attached hydrogens (tertiary/aromatic N) is 2. The number of allylic oxidation sites excluding steroid dienone is 1. The Balaban J connectivity index is 0.00000137. The van der Waals surface area contributed by atoms with E-state index in [2.05, 4.69) is 16.9 Å². The van der Waals surface area contributed by atoms with Gasteiger partial charge in [-0.25, -0.2) is 9.38 Å². The fraction of sp³-hybridized carbons (Fsp3) is 0.333. The van der Waals surface area contributed by atoms with Gasteiger partial charge in [-0.15, -0.1) is 6.58 Å². The first-order valence-electron chi connectivity index (χ1n) is 11.4. The van der Waals surface area contributed by atoms with Crippen LogP contribution in [0.5, 0.6) is 0 Å². The van der Waals surface area contributed by atoms with Crippen LogP contribution in [0.1, 0.15) is 44.7 Å². The van der Waals surface area contributed by atoms with Crippen molar-refractivity contribution in [3.8, 4) is 0 Å². The molecule has 0 saturated heterocycles. The zero-order valence-corrected chi connectivity index (χ0v) is 20.6. The molecule has 0 aromatic heterocycles. The second-order valence-electron chi connectivity index (χ2n) is 8.72. The normalized spacial score (nSPS) is 15.7. The Labute approximate surface area is 205 Å². The molecule has 186 valence electrons. The Morgan fingerprint density at radius 2 is 1.89 bits per heavy atom. The number of fused-ring (bicyclic) bond motifs is 1. The van der Waals surface area contributed by atoms with Crippen molar-refractivity contribution in [2.45, 2.75) is 39.8 Å². The number of amides is 3. The molecule has 1 aliphatic heterocycles. The van der Waals surface area contributed by atoms with Gasteiger partial charge >= 0.3 is 0 Å². The predicted octanol–water partition coefficient (Wildman–Crippen LogP) is 3.81. The molecule has 2 aromatic rings. The molecule has 7 nitrogen and oxygen atoms in total. The molecule has 2 aromatic carbocycles. The molecule has 0 spiro atoms. The van der Waals surface area contributed by atoms with Gasteiger partial charge in [0.05, 0.1) is 11.4 Å². The fourth-order valence-corrected chi connectivity index (χ4v) is 3.83. The van der Waals surface area contributed by atoms with E-state index in [9.17, 15) is 18.8 Å². The summed E-state index contributed by atoms with van der Waals surface area (Å²) in [6, 6.07) is 13.1. The molecule has 2 atom stereocenters. The van der Waals surface area contributed by atoms with Gasteiger partial charge in [0.25, 0.3) is 5.91 Å². The van der Waals surface area contributed by atoms with Gasteiger partial charge in [0.1, 0.15) is 5.82 Å². The summed E-state index contributed by atoms with van der Waals surface area (Å²) < 4.78 is 14.0. The summed E-state index contributed by atoms with van der Waals surface area (Å²) >= 11 is 0. The van der Waals surface area contributed by atoms with Crippen LogP contribution in [0.15, 0.2) is 66.2 Å². The molecule has 2 unspecified atom stereocenters. The number of hydrogen-bond donors (Lipinski definition) is 2. The Morgan fingerprint density at radius 3 is 2.49 bits per heavy atom. The lowest BCUT2D eigenvalue weighted by molar-refractivity contribution is -0.132. The summed E-state index contributed by atoms with van der Waals surface area (Å²) in [5, 5.41) is 2.68. The SMILES string of the molecule is C=CC.CC(C)CC(CC(N)=O)C(=O)NC1N=C(c2cccc(F)c2)c2ccccc2N(C)C1=O. The van der Waals surface area contributed by atoms with E-state index >= 15 is 0 Å². The quantitative estimate of drug-likeness (QED) is 0.589. The summed E-state index contributed by atoms with van der Waals surface area (Å²) in [7, 11) is 1.60. The number of likely N-dealkylation sites (N-methyl/N-ethyl adjacent to an activating group) is 1. The van der Waals surface area contributed by atoms with Crippen LogP contribution in [0.25, 0.3) is 0 Å². The molecule has 3 rings (SSSR count). The maximum absolute atomic E-state index is 14.0. The number of rotatable bonds is 7. The van der Waals surface area contributed by atoms with E-state index in [0.717, 1.165) is 0 Å². The van der Waals surface area contributed by atoms with Crippen molar-refractivity contribution in [1.29, 1.82) is 0 Å². The molecule has 0 radical (unpaired) electrons. The average Bonchev–Trinajstić information content (AvgIpc) is 2.89. The topological polar surface area (TPSA) is 105 Å². The highest BCUT2D eigenvalue weighted by molar-refractivity contribution is 6.20. The molecule has 3 amide bonds. The number of aliphatic imine (C=N–C) groups is 1. The molecular weight excluding hydrogens is 447 g/mol. The van der Waals surface area contributed by atoms with Crippen LogP contribution < -0.4 is 16.0 Å². The van der Waals surface area contributed by atoms with Crippen LogP contribution in [0.3, 0.4) is 0 Å². The third-order valence-electron chi connectivity index (χ3n) is 5.29. The minimum Gasteiger partial charge on any atom is -0.370 e. The van der Waals surface area contributed by atoms with Crippen molar-refractivity contribution in [1.82, 2.24) is 5.32 Å². The summed E-state index contributed by atoms with van der Waals surface area (Å²) in [5.41, 5.74) is 7.43. The van der Waals surface area contributed by atoms with E-state index < -0.39 is 35.6 Å². The minimum absolute atomic E-state index is 0.124. The summed E-state index contributed by atoms with van der Waals surface area (Å²) in [6.45, 7) is 9.12. The largest absolute Gasteiger partial charge is 0.370 e. The molecule has 8 heteroatoms. The first-order chi connectivity index (χ1) is 16.6. The number of benzene rings is 2. The third-order valence-corrected chi connectivity index (χ3v) is 5.29. The Morgan fingerprint density at radius 1 is 1.23 bits per heavy atom. The maximum Gasteiger partial charge on any atom is 0.272 e. The standard InChI is InChI=1S/C24H27FN4O3.C3H6/c1-14(2)11-16(13-20(26)30)23(31)28-22-24(32)29(3)19-10-5-4-9-18(19)21(27-22)15-7-6-8-17(25)12-15;1-3-2/h4-10,12,14,16,22H,11,13H2,1-3H3,(H2,26,30)(H,28,31);3H,1H2,2H3. The van der Waals surface area contributed by atoms with Crippen LogP contribution in [-0.4, -0.2) is 36.6 Å². The number of primary amides is 1. The third kappa shape index (κ3) is 7.34.